The first-order valence-corrected chi connectivity index (χ1v) is 11.2. The standard InChI is InChI=1S/C20H16Br2N2O5S/c1-11(2)23-19(25)17(30-20(23)26)9-13-7-15(21)18(16(22)8-13)29-10-12-4-3-5-14(6-12)24(27)28/h3-9,11H,10H2,1-2H3/b17-9-. The number of non-ortho nitro benzene ring substituents is 1. The zero-order chi connectivity index (χ0) is 22.0. The molecule has 1 heterocycles. The summed E-state index contributed by atoms with van der Waals surface area (Å²) in [6.07, 6.45) is 1.66. The van der Waals surface area contributed by atoms with Crippen molar-refractivity contribution in [1.29, 1.82) is 0 Å². The number of carbonyl (C=O) groups excluding carboxylic acids is 2. The number of imide groups is 1. The normalized spacial score (nSPS) is 15.4. The van der Waals surface area contributed by atoms with Gasteiger partial charge in [0.2, 0.25) is 0 Å². The van der Waals surface area contributed by atoms with E-state index in [2.05, 4.69) is 31.9 Å². The van der Waals surface area contributed by atoms with Crippen LogP contribution in [0.3, 0.4) is 0 Å². The van der Waals surface area contributed by atoms with E-state index in [0.29, 0.717) is 30.7 Å². The highest BCUT2D eigenvalue weighted by Gasteiger charge is 2.36. The van der Waals surface area contributed by atoms with Crippen LogP contribution in [0.25, 0.3) is 6.08 Å². The summed E-state index contributed by atoms with van der Waals surface area (Å²) in [4.78, 5) is 36.6. The summed E-state index contributed by atoms with van der Waals surface area (Å²) in [5.74, 6) is 0.215. The molecule has 0 spiro atoms. The van der Waals surface area contributed by atoms with Crippen LogP contribution in [-0.4, -0.2) is 27.0 Å². The molecule has 0 atom stereocenters. The third kappa shape index (κ3) is 4.93. The molecule has 2 aromatic rings. The molecule has 156 valence electrons. The van der Waals surface area contributed by atoms with Gasteiger partial charge in [-0.15, -0.1) is 0 Å². The van der Waals surface area contributed by atoms with Crippen molar-refractivity contribution in [3.8, 4) is 5.75 Å². The zero-order valence-corrected chi connectivity index (χ0v) is 19.9. The molecule has 0 bridgehead atoms. The van der Waals surface area contributed by atoms with E-state index < -0.39 is 4.92 Å². The number of ether oxygens (including phenoxy) is 1. The van der Waals surface area contributed by atoms with Crippen molar-refractivity contribution >= 4 is 66.5 Å². The van der Waals surface area contributed by atoms with Crippen molar-refractivity contribution in [2.75, 3.05) is 0 Å². The highest BCUT2D eigenvalue weighted by atomic mass is 79.9. The smallest absolute Gasteiger partial charge is 0.293 e. The first kappa shape index (κ1) is 22.5. The Labute approximate surface area is 193 Å². The lowest BCUT2D eigenvalue weighted by Crippen LogP contribution is -2.34. The Morgan fingerprint density at radius 3 is 2.43 bits per heavy atom. The first-order valence-electron chi connectivity index (χ1n) is 8.79. The van der Waals surface area contributed by atoms with Gasteiger partial charge in [-0.25, -0.2) is 0 Å². The summed E-state index contributed by atoms with van der Waals surface area (Å²) in [7, 11) is 0. The van der Waals surface area contributed by atoms with Crippen LogP contribution >= 0.6 is 43.6 Å². The van der Waals surface area contributed by atoms with Crippen LogP contribution in [0.2, 0.25) is 0 Å². The van der Waals surface area contributed by atoms with Gasteiger partial charge in [-0.1, -0.05) is 12.1 Å². The molecule has 2 aromatic carbocycles. The first-order chi connectivity index (χ1) is 14.2. The summed E-state index contributed by atoms with van der Waals surface area (Å²) < 4.78 is 7.10. The Morgan fingerprint density at radius 2 is 1.87 bits per heavy atom. The number of hydrogen-bond acceptors (Lipinski definition) is 6. The van der Waals surface area contributed by atoms with Crippen LogP contribution in [-0.2, 0) is 11.4 Å². The predicted octanol–water partition coefficient (Wildman–Crippen LogP) is 6.14. The fourth-order valence-corrected chi connectivity index (χ4v) is 5.20. The number of thioether (sulfide) groups is 1. The van der Waals surface area contributed by atoms with Gasteiger partial charge < -0.3 is 4.74 Å². The fraction of sp³-hybridized carbons (Fsp3) is 0.200. The second-order valence-corrected chi connectivity index (χ2v) is 9.38. The van der Waals surface area contributed by atoms with Crippen molar-refractivity contribution in [1.82, 2.24) is 4.90 Å². The number of benzene rings is 2. The Morgan fingerprint density at radius 1 is 1.20 bits per heavy atom. The van der Waals surface area contributed by atoms with Crippen LogP contribution in [0.15, 0.2) is 50.2 Å². The topological polar surface area (TPSA) is 89.8 Å². The molecule has 2 amide bonds. The van der Waals surface area contributed by atoms with Crippen LogP contribution in [0, 0.1) is 10.1 Å². The zero-order valence-electron chi connectivity index (χ0n) is 15.9. The fourth-order valence-electron chi connectivity index (χ4n) is 2.79. The van der Waals surface area contributed by atoms with E-state index in [1.54, 1.807) is 44.2 Å². The molecule has 0 radical (unpaired) electrons. The highest BCUT2D eigenvalue weighted by Crippen LogP contribution is 2.38. The van der Waals surface area contributed by atoms with Crippen molar-refractivity contribution in [3.05, 3.63) is 71.5 Å². The van der Waals surface area contributed by atoms with E-state index >= 15 is 0 Å². The highest BCUT2D eigenvalue weighted by molar-refractivity contribution is 9.11. The van der Waals surface area contributed by atoms with Crippen molar-refractivity contribution in [2.24, 2.45) is 0 Å². The molecule has 0 N–H and O–H groups in total. The lowest BCUT2D eigenvalue weighted by atomic mass is 10.2. The molecule has 1 fully saturated rings. The summed E-state index contributed by atoms with van der Waals surface area (Å²) in [5, 5.41) is 10.6. The van der Waals surface area contributed by atoms with E-state index in [1.807, 2.05) is 0 Å². The number of carbonyl (C=O) groups is 2. The average molecular weight is 556 g/mol. The van der Waals surface area contributed by atoms with E-state index in [9.17, 15) is 19.7 Å². The van der Waals surface area contributed by atoms with Gasteiger partial charge in [0, 0.05) is 18.2 Å². The second-order valence-electron chi connectivity index (χ2n) is 6.67. The number of hydrogen-bond donors (Lipinski definition) is 0. The molecule has 1 saturated heterocycles. The Kier molecular flexibility index (Phi) is 6.99. The lowest BCUT2D eigenvalue weighted by molar-refractivity contribution is -0.384. The van der Waals surface area contributed by atoms with Gasteiger partial charge in [-0.05, 0) is 86.8 Å². The van der Waals surface area contributed by atoms with Crippen molar-refractivity contribution in [3.63, 3.8) is 0 Å². The minimum absolute atomic E-state index is 0.0000709. The summed E-state index contributed by atoms with van der Waals surface area (Å²) in [5.41, 5.74) is 1.38. The third-order valence-electron chi connectivity index (χ3n) is 4.16. The summed E-state index contributed by atoms with van der Waals surface area (Å²) in [6.45, 7) is 3.73. The molecule has 3 rings (SSSR count). The minimum Gasteiger partial charge on any atom is -0.487 e. The van der Waals surface area contributed by atoms with E-state index in [4.69, 9.17) is 4.74 Å². The molecule has 0 aromatic heterocycles. The van der Waals surface area contributed by atoms with Gasteiger partial charge in [0.1, 0.15) is 12.4 Å². The molecule has 1 aliphatic rings. The van der Waals surface area contributed by atoms with Crippen molar-refractivity contribution in [2.45, 2.75) is 26.5 Å². The molecule has 7 nitrogen and oxygen atoms in total. The molecule has 10 heteroatoms. The van der Waals surface area contributed by atoms with Gasteiger partial charge in [0.15, 0.2) is 0 Å². The summed E-state index contributed by atoms with van der Waals surface area (Å²) >= 11 is 7.83. The maximum atomic E-state index is 12.5. The number of nitro benzene ring substituents is 1. The summed E-state index contributed by atoms with van der Waals surface area (Å²) in [6, 6.07) is 9.58. The lowest BCUT2D eigenvalue weighted by Gasteiger charge is -2.16. The predicted molar refractivity (Wildman–Crippen MR) is 122 cm³/mol. The molecule has 0 aliphatic carbocycles. The van der Waals surface area contributed by atoms with E-state index in [1.165, 1.54) is 17.0 Å². The molecule has 0 saturated carbocycles. The second kappa shape index (κ2) is 9.32. The quantitative estimate of drug-likeness (QED) is 0.241. The minimum atomic E-state index is -0.453. The van der Waals surface area contributed by atoms with Crippen LogP contribution < -0.4 is 4.74 Å². The van der Waals surface area contributed by atoms with Crippen LogP contribution in [0.1, 0.15) is 25.0 Å². The molecular weight excluding hydrogens is 540 g/mol. The largest absolute Gasteiger partial charge is 0.487 e. The number of rotatable bonds is 6. The average Bonchev–Trinajstić information content (AvgIpc) is 2.94. The number of nitro groups is 1. The van der Waals surface area contributed by atoms with Gasteiger partial charge >= 0.3 is 0 Å². The Balaban J connectivity index is 1.79. The molecule has 30 heavy (non-hydrogen) atoms. The molecule has 1 aliphatic heterocycles. The van der Waals surface area contributed by atoms with E-state index in [-0.39, 0.29) is 29.5 Å². The SMILES string of the molecule is CC(C)N1C(=O)S/C(=C\c2cc(Br)c(OCc3cccc([N+](=O)[O-])c3)c(Br)c2)C1=O. The van der Waals surface area contributed by atoms with Crippen molar-refractivity contribution < 1.29 is 19.2 Å². The number of halogens is 2. The van der Waals surface area contributed by atoms with Crippen LogP contribution in [0.5, 0.6) is 5.75 Å². The monoisotopic (exact) mass is 554 g/mol. The molecule has 0 unspecified atom stereocenters. The Bertz CT molecular complexity index is 1050. The van der Waals surface area contributed by atoms with Gasteiger partial charge in [-0.3, -0.25) is 24.6 Å². The number of amides is 2. The van der Waals surface area contributed by atoms with Crippen LogP contribution in [0.4, 0.5) is 10.5 Å². The van der Waals surface area contributed by atoms with Gasteiger partial charge in [0.25, 0.3) is 16.8 Å². The Hall–Kier alpha value is -2.17. The maximum absolute atomic E-state index is 12.5. The number of nitrogens with zero attached hydrogens (tertiary/aromatic N) is 2. The van der Waals surface area contributed by atoms with Gasteiger partial charge in [0.05, 0.1) is 18.8 Å². The third-order valence-corrected chi connectivity index (χ3v) is 6.22. The molecular formula is C20H16Br2N2O5S. The van der Waals surface area contributed by atoms with Gasteiger partial charge in [-0.2, -0.15) is 0 Å². The maximum Gasteiger partial charge on any atom is 0.293 e. The van der Waals surface area contributed by atoms with E-state index in [0.717, 1.165) is 11.8 Å².